The largest absolute Gasteiger partial charge is 0.378 e. The summed E-state index contributed by atoms with van der Waals surface area (Å²) < 4.78 is 5.95. The first-order valence-corrected chi connectivity index (χ1v) is 5.52. The van der Waals surface area contributed by atoms with Crippen LogP contribution in [0.5, 0.6) is 0 Å². The third kappa shape index (κ3) is 3.35. The molecule has 1 aliphatic rings. The second-order valence-corrected chi connectivity index (χ2v) is 6.05. The van der Waals surface area contributed by atoms with Gasteiger partial charge in [-0.3, -0.25) is 0 Å². The highest BCUT2D eigenvalue weighted by Crippen LogP contribution is 2.22. The lowest BCUT2D eigenvalue weighted by molar-refractivity contribution is 0.0143. The van der Waals surface area contributed by atoms with Crippen LogP contribution in [-0.2, 0) is 4.74 Å². The number of rotatable bonds is 2. The van der Waals surface area contributed by atoms with Gasteiger partial charge >= 0.3 is 0 Å². The lowest BCUT2D eigenvalue weighted by Gasteiger charge is -2.22. The lowest BCUT2D eigenvalue weighted by Crippen LogP contribution is -2.20. The number of alkyl halides is 2. The van der Waals surface area contributed by atoms with E-state index in [1.165, 1.54) is 19.3 Å². The Morgan fingerprint density at radius 2 is 2.20 bits per heavy atom. The predicted molar refractivity (Wildman–Crippen MR) is 49.9 cm³/mol. The summed E-state index contributed by atoms with van der Waals surface area (Å²) in [5.74, 6) is 0. The van der Waals surface area contributed by atoms with Crippen molar-refractivity contribution in [2.24, 2.45) is 0 Å². The molecule has 0 N–H and O–H groups in total. The SMILES string of the molecule is BrC(Br)C[C@@H]1CCCCO1. The lowest BCUT2D eigenvalue weighted by atomic mass is 10.1. The van der Waals surface area contributed by atoms with Gasteiger partial charge in [-0.2, -0.15) is 0 Å². The molecule has 1 heterocycles. The van der Waals surface area contributed by atoms with E-state index >= 15 is 0 Å². The number of halogens is 2. The maximum absolute atomic E-state index is 5.53. The normalized spacial score (nSPS) is 27.3. The highest BCUT2D eigenvalue weighted by Gasteiger charge is 2.15. The Bertz CT molecular complexity index is 89.6. The van der Waals surface area contributed by atoms with E-state index in [-0.39, 0.29) is 0 Å². The van der Waals surface area contributed by atoms with Crippen LogP contribution in [0.15, 0.2) is 0 Å². The molecule has 0 radical (unpaired) electrons. The fourth-order valence-electron chi connectivity index (χ4n) is 1.19. The summed E-state index contributed by atoms with van der Waals surface area (Å²) in [6.45, 7) is 0.956. The molecular formula is C7H12Br2O. The minimum atomic E-state index is 0.420. The second kappa shape index (κ2) is 4.73. The molecule has 0 aliphatic carbocycles. The van der Waals surface area contributed by atoms with Crippen molar-refractivity contribution in [3.63, 3.8) is 0 Å². The van der Waals surface area contributed by atoms with Crippen molar-refractivity contribution in [2.45, 2.75) is 35.5 Å². The smallest absolute Gasteiger partial charge is 0.0722 e. The molecule has 1 nitrogen and oxygen atoms in total. The number of hydrogen-bond donors (Lipinski definition) is 0. The highest BCUT2D eigenvalue weighted by molar-refractivity contribution is 9.24. The zero-order chi connectivity index (χ0) is 7.40. The monoisotopic (exact) mass is 270 g/mol. The van der Waals surface area contributed by atoms with Crippen LogP contribution in [-0.4, -0.2) is 16.4 Å². The molecule has 0 saturated carbocycles. The van der Waals surface area contributed by atoms with Crippen LogP contribution in [0.1, 0.15) is 25.7 Å². The van der Waals surface area contributed by atoms with Crippen LogP contribution in [0.25, 0.3) is 0 Å². The van der Waals surface area contributed by atoms with Gasteiger partial charge in [0.25, 0.3) is 0 Å². The third-order valence-electron chi connectivity index (χ3n) is 1.72. The zero-order valence-electron chi connectivity index (χ0n) is 5.85. The topological polar surface area (TPSA) is 9.23 Å². The third-order valence-corrected chi connectivity index (χ3v) is 2.46. The van der Waals surface area contributed by atoms with E-state index in [1.54, 1.807) is 0 Å². The van der Waals surface area contributed by atoms with Crippen molar-refractivity contribution in [3.8, 4) is 0 Å². The summed E-state index contributed by atoms with van der Waals surface area (Å²) in [6.07, 6.45) is 5.37. The maximum Gasteiger partial charge on any atom is 0.0722 e. The first-order chi connectivity index (χ1) is 4.79. The molecule has 1 fully saturated rings. The zero-order valence-corrected chi connectivity index (χ0v) is 9.03. The van der Waals surface area contributed by atoms with Gasteiger partial charge in [0.05, 0.1) is 9.84 Å². The van der Waals surface area contributed by atoms with E-state index in [0.717, 1.165) is 13.0 Å². The first kappa shape index (κ1) is 9.01. The standard InChI is InChI=1S/C7H12Br2O/c8-7(9)5-6-3-1-2-4-10-6/h6-7H,1-5H2/t6-/m0/s1. The van der Waals surface area contributed by atoms with Crippen LogP contribution in [0.3, 0.4) is 0 Å². The summed E-state index contributed by atoms with van der Waals surface area (Å²) in [5.41, 5.74) is 0. The Balaban J connectivity index is 2.13. The van der Waals surface area contributed by atoms with Crippen molar-refractivity contribution in [1.82, 2.24) is 0 Å². The van der Waals surface area contributed by atoms with Gasteiger partial charge in [0, 0.05) is 6.61 Å². The van der Waals surface area contributed by atoms with Crippen LogP contribution in [0, 0.1) is 0 Å². The van der Waals surface area contributed by atoms with Gasteiger partial charge in [0.15, 0.2) is 0 Å². The molecular weight excluding hydrogens is 260 g/mol. The molecule has 60 valence electrons. The van der Waals surface area contributed by atoms with E-state index < -0.39 is 0 Å². The van der Waals surface area contributed by atoms with Crippen molar-refractivity contribution in [1.29, 1.82) is 0 Å². The Morgan fingerprint density at radius 1 is 1.40 bits per heavy atom. The van der Waals surface area contributed by atoms with Gasteiger partial charge in [0.2, 0.25) is 0 Å². The van der Waals surface area contributed by atoms with Crippen LogP contribution in [0.2, 0.25) is 0 Å². The van der Waals surface area contributed by atoms with Gasteiger partial charge in [-0.05, 0) is 25.7 Å². The van der Waals surface area contributed by atoms with Crippen LogP contribution >= 0.6 is 31.9 Å². The minimum absolute atomic E-state index is 0.420. The average molecular weight is 272 g/mol. The Morgan fingerprint density at radius 3 is 2.70 bits per heavy atom. The van der Waals surface area contributed by atoms with Gasteiger partial charge in [-0.1, -0.05) is 31.9 Å². The van der Waals surface area contributed by atoms with Crippen molar-refractivity contribution in [2.75, 3.05) is 6.61 Å². The highest BCUT2D eigenvalue weighted by atomic mass is 79.9. The molecule has 0 amide bonds. The maximum atomic E-state index is 5.53. The molecule has 1 aliphatic heterocycles. The molecule has 1 atom stereocenters. The van der Waals surface area contributed by atoms with Crippen LogP contribution in [0.4, 0.5) is 0 Å². The predicted octanol–water partition coefficient (Wildman–Crippen LogP) is 3.06. The quantitative estimate of drug-likeness (QED) is 0.702. The molecule has 0 aromatic heterocycles. The molecule has 1 rings (SSSR count). The Kier molecular flexibility index (Phi) is 4.26. The fourth-order valence-corrected chi connectivity index (χ4v) is 2.03. The average Bonchev–Trinajstić information content (AvgIpc) is 1.88. The fraction of sp³-hybridized carbons (Fsp3) is 1.00. The molecule has 0 bridgehead atoms. The molecule has 1 saturated heterocycles. The van der Waals surface area contributed by atoms with E-state index in [2.05, 4.69) is 31.9 Å². The Hall–Kier alpha value is 0.920. The molecule has 0 aromatic rings. The van der Waals surface area contributed by atoms with Crippen molar-refractivity contribution >= 4 is 31.9 Å². The van der Waals surface area contributed by atoms with E-state index in [4.69, 9.17) is 4.74 Å². The molecule has 0 unspecified atom stereocenters. The summed E-state index contributed by atoms with van der Waals surface area (Å²) >= 11 is 6.89. The molecule has 0 spiro atoms. The van der Waals surface area contributed by atoms with Crippen molar-refractivity contribution < 1.29 is 4.74 Å². The van der Waals surface area contributed by atoms with Crippen molar-refractivity contribution in [3.05, 3.63) is 0 Å². The molecule has 0 aromatic carbocycles. The van der Waals surface area contributed by atoms with Gasteiger partial charge in [-0.15, -0.1) is 0 Å². The van der Waals surface area contributed by atoms with Crippen LogP contribution < -0.4 is 0 Å². The summed E-state index contributed by atoms with van der Waals surface area (Å²) in [4.78, 5) is 0. The Labute approximate surface area is 78.8 Å². The molecule has 3 heteroatoms. The number of ether oxygens (including phenoxy) is 1. The van der Waals surface area contributed by atoms with E-state index in [1.807, 2.05) is 0 Å². The van der Waals surface area contributed by atoms with E-state index in [0.29, 0.717) is 9.84 Å². The summed E-state index contributed by atoms with van der Waals surface area (Å²) in [7, 11) is 0. The first-order valence-electron chi connectivity index (χ1n) is 3.69. The summed E-state index contributed by atoms with van der Waals surface area (Å²) in [6, 6.07) is 0. The minimum Gasteiger partial charge on any atom is -0.378 e. The second-order valence-electron chi connectivity index (χ2n) is 2.62. The van der Waals surface area contributed by atoms with E-state index in [9.17, 15) is 0 Å². The van der Waals surface area contributed by atoms with Gasteiger partial charge in [0.1, 0.15) is 0 Å². The van der Waals surface area contributed by atoms with Gasteiger partial charge in [-0.25, -0.2) is 0 Å². The molecule has 10 heavy (non-hydrogen) atoms. The summed E-state index contributed by atoms with van der Waals surface area (Å²) in [5, 5.41) is 0. The number of hydrogen-bond acceptors (Lipinski definition) is 1. The van der Waals surface area contributed by atoms with Gasteiger partial charge < -0.3 is 4.74 Å².